The average molecular weight is 310 g/mol. The number of hydrogen-bond acceptors (Lipinski definition) is 3. The summed E-state index contributed by atoms with van der Waals surface area (Å²) in [6.45, 7) is 3.96. The first-order valence-electron chi connectivity index (χ1n) is 6.54. The van der Waals surface area contributed by atoms with Crippen LogP contribution < -0.4 is 5.73 Å². The number of hydrogen-bond donors (Lipinski definition) is 1. The standard InChI is InChI=1S/C15H17Cl2N3/c1-3-15-12(6-9(2)19-20-15)14(18)7-10-4-5-11(16)8-13(10)17/h4-6,8,14H,3,7,18H2,1-2H3. The molecule has 0 aliphatic heterocycles. The number of halogens is 2. The van der Waals surface area contributed by atoms with Gasteiger partial charge in [-0.1, -0.05) is 36.2 Å². The van der Waals surface area contributed by atoms with E-state index in [-0.39, 0.29) is 6.04 Å². The molecule has 2 aromatic rings. The van der Waals surface area contributed by atoms with Crippen LogP contribution in [0.25, 0.3) is 0 Å². The van der Waals surface area contributed by atoms with Gasteiger partial charge in [-0.25, -0.2) is 0 Å². The SMILES string of the molecule is CCc1nnc(C)cc1C(N)Cc1ccc(Cl)cc1Cl. The van der Waals surface area contributed by atoms with E-state index in [9.17, 15) is 0 Å². The van der Waals surface area contributed by atoms with Gasteiger partial charge in [0.05, 0.1) is 11.4 Å². The molecule has 1 unspecified atom stereocenters. The smallest absolute Gasteiger partial charge is 0.0676 e. The van der Waals surface area contributed by atoms with Crippen molar-refractivity contribution in [2.45, 2.75) is 32.7 Å². The van der Waals surface area contributed by atoms with Gasteiger partial charge in [0.25, 0.3) is 0 Å². The fourth-order valence-electron chi connectivity index (χ4n) is 2.16. The minimum Gasteiger partial charge on any atom is -0.324 e. The second-order valence-electron chi connectivity index (χ2n) is 4.79. The molecular weight excluding hydrogens is 293 g/mol. The summed E-state index contributed by atoms with van der Waals surface area (Å²) in [6, 6.07) is 7.32. The van der Waals surface area contributed by atoms with Crippen LogP contribution in [0.3, 0.4) is 0 Å². The second-order valence-corrected chi connectivity index (χ2v) is 5.63. The van der Waals surface area contributed by atoms with Crippen molar-refractivity contribution >= 4 is 23.2 Å². The summed E-state index contributed by atoms with van der Waals surface area (Å²) < 4.78 is 0. The predicted octanol–water partition coefficient (Wildman–Crippen LogP) is 3.90. The van der Waals surface area contributed by atoms with Crippen molar-refractivity contribution in [2.75, 3.05) is 0 Å². The van der Waals surface area contributed by atoms with Crippen molar-refractivity contribution in [3.8, 4) is 0 Å². The molecule has 0 spiro atoms. The molecule has 1 aromatic heterocycles. The van der Waals surface area contributed by atoms with Gasteiger partial charge in [0.2, 0.25) is 0 Å². The first-order valence-corrected chi connectivity index (χ1v) is 7.29. The maximum atomic E-state index is 6.32. The molecular formula is C15H17Cl2N3. The van der Waals surface area contributed by atoms with Crippen LogP contribution in [0.15, 0.2) is 24.3 Å². The summed E-state index contributed by atoms with van der Waals surface area (Å²) in [5, 5.41) is 9.56. The molecule has 0 saturated carbocycles. The number of rotatable bonds is 4. The average Bonchev–Trinajstić information content (AvgIpc) is 2.41. The molecule has 1 heterocycles. The zero-order valence-electron chi connectivity index (χ0n) is 11.5. The summed E-state index contributed by atoms with van der Waals surface area (Å²) in [5.74, 6) is 0. The van der Waals surface area contributed by atoms with Crippen LogP contribution in [0, 0.1) is 6.92 Å². The largest absolute Gasteiger partial charge is 0.324 e. The molecule has 2 N–H and O–H groups in total. The lowest BCUT2D eigenvalue weighted by molar-refractivity contribution is 0.692. The predicted molar refractivity (Wildman–Crippen MR) is 83.2 cm³/mol. The molecule has 0 saturated heterocycles. The fraction of sp³-hybridized carbons (Fsp3) is 0.333. The first kappa shape index (κ1) is 15.2. The third-order valence-electron chi connectivity index (χ3n) is 3.22. The Bertz CT molecular complexity index is 614. The highest BCUT2D eigenvalue weighted by atomic mass is 35.5. The van der Waals surface area contributed by atoms with Crippen LogP contribution in [-0.4, -0.2) is 10.2 Å². The monoisotopic (exact) mass is 309 g/mol. The lowest BCUT2D eigenvalue weighted by atomic mass is 9.97. The van der Waals surface area contributed by atoms with E-state index < -0.39 is 0 Å². The Labute approximate surface area is 129 Å². The van der Waals surface area contributed by atoms with Gasteiger partial charge in [-0.3, -0.25) is 0 Å². The molecule has 0 aliphatic carbocycles. The lowest BCUT2D eigenvalue weighted by Crippen LogP contribution is -2.17. The molecule has 0 amide bonds. The Kier molecular flexibility index (Phi) is 4.97. The minimum absolute atomic E-state index is 0.155. The molecule has 1 atom stereocenters. The maximum Gasteiger partial charge on any atom is 0.0676 e. The van der Waals surface area contributed by atoms with Crippen LogP contribution in [0.5, 0.6) is 0 Å². The van der Waals surface area contributed by atoms with Crippen LogP contribution in [-0.2, 0) is 12.8 Å². The van der Waals surface area contributed by atoms with Gasteiger partial charge in [-0.2, -0.15) is 10.2 Å². The Morgan fingerprint density at radius 1 is 1.20 bits per heavy atom. The molecule has 1 aromatic carbocycles. The van der Waals surface area contributed by atoms with Crippen LogP contribution >= 0.6 is 23.2 Å². The van der Waals surface area contributed by atoms with Crippen molar-refractivity contribution in [2.24, 2.45) is 5.73 Å². The fourth-order valence-corrected chi connectivity index (χ4v) is 2.65. The van der Waals surface area contributed by atoms with Crippen molar-refractivity contribution in [1.29, 1.82) is 0 Å². The molecule has 0 radical (unpaired) electrons. The van der Waals surface area contributed by atoms with Gasteiger partial charge in [0.15, 0.2) is 0 Å². The summed E-state index contributed by atoms with van der Waals surface area (Å²) in [4.78, 5) is 0. The van der Waals surface area contributed by atoms with Crippen molar-refractivity contribution in [3.63, 3.8) is 0 Å². The molecule has 3 nitrogen and oxygen atoms in total. The highest BCUT2D eigenvalue weighted by Gasteiger charge is 2.15. The van der Waals surface area contributed by atoms with Gasteiger partial charge >= 0.3 is 0 Å². The van der Waals surface area contributed by atoms with Gasteiger partial charge < -0.3 is 5.73 Å². The Hall–Kier alpha value is -1.16. The summed E-state index contributed by atoms with van der Waals surface area (Å²) in [5.41, 5.74) is 10.1. The van der Waals surface area contributed by atoms with Gasteiger partial charge in [0.1, 0.15) is 0 Å². The zero-order valence-corrected chi connectivity index (χ0v) is 13.0. The van der Waals surface area contributed by atoms with Gasteiger partial charge in [-0.05, 0) is 49.1 Å². The Morgan fingerprint density at radius 3 is 2.60 bits per heavy atom. The summed E-state index contributed by atoms with van der Waals surface area (Å²) in [6.07, 6.45) is 1.46. The second kappa shape index (κ2) is 6.53. The van der Waals surface area contributed by atoms with E-state index in [1.807, 2.05) is 32.0 Å². The third kappa shape index (κ3) is 3.48. The highest BCUT2D eigenvalue weighted by molar-refractivity contribution is 6.35. The Balaban J connectivity index is 2.27. The van der Waals surface area contributed by atoms with E-state index in [0.717, 1.165) is 28.9 Å². The highest BCUT2D eigenvalue weighted by Crippen LogP contribution is 2.26. The maximum absolute atomic E-state index is 6.32. The van der Waals surface area contributed by atoms with Crippen LogP contribution in [0.2, 0.25) is 10.0 Å². The third-order valence-corrected chi connectivity index (χ3v) is 3.80. The van der Waals surface area contributed by atoms with Crippen molar-refractivity contribution in [1.82, 2.24) is 10.2 Å². The topological polar surface area (TPSA) is 51.8 Å². The summed E-state index contributed by atoms with van der Waals surface area (Å²) in [7, 11) is 0. The number of nitrogens with zero attached hydrogens (tertiary/aromatic N) is 2. The van der Waals surface area contributed by atoms with Crippen LogP contribution in [0.4, 0.5) is 0 Å². The van der Waals surface area contributed by atoms with E-state index >= 15 is 0 Å². The van der Waals surface area contributed by atoms with E-state index in [4.69, 9.17) is 28.9 Å². The molecule has 20 heavy (non-hydrogen) atoms. The molecule has 0 bridgehead atoms. The van der Waals surface area contributed by atoms with E-state index in [1.54, 1.807) is 6.07 Å². The number of aromatic nitrogens is 2. The molecule has 0 fully saturated rings. The molecule has 5 heteroatoms. The zero-order chi connectivity index (χ0) is 14.7. The van der Waals surface area contributed by atoms with E-state index in [2.05, 4.69) is 10.2 Å². The Morgan fingerprint density at radius 2 is 1.95 bits per heavy atom. The van der Waals surface area contributed by atoms with E-state index in [1.165, 1.54) is 0 Å². The molecule has 0 aliphatic rings. The minimum atomic E-state index is -0.155. The lowest BCUT2D eigenvalue weighted by Gasteiger charge is -2.16. The van der Waals surface area contributed by atoms with Gasteiger partial charge in [0, 0.05) is 16.1 Å². The number of nitrogens with two attached hydrogens (primary N) is 1. The number of benzene rings is 1. The number of aryl methyl sites for hydroxylation is 2. The summed E-state index contributed by atoms with van der Waals surface area (Å²) >= 11 is 12.1. The normalized spacial score (nSPS) is 12.4. The molecule has 2 rings (SSSR count). The van der Waals surface area contributed by atoms with Crippen molar-refractivity contribution in [3.05, 3.63) is 56.8 Å². The van der Waals surface area contributed by atoms with Crippen LogP contribution in [0.1, 0.15) is 35.5 Å². The molecule has 106 valence electrons. The first-order chi connectivity index (χ1) is 9.51. The van der Waals surface area contributed by atoms with Gasteiger partial charge in [-0.15, -0.1) is 0 Å². The van der Waals surface area contributed by atoms with E-state index in [0.29, 0.717) is 16.5 Å². The quantitative estimate of drug-likeness (QED) is 0.932. The van der Waals surface area contributed by atoms with Crippen molar-refractivity contribution < 1.29 is 0 Å².